The molecule has 4 rings (SSSR count). The smallest absolute Gasteiger partial charge is 0.341 e. The van der Waals surface area contributed by atoms with Crippen LogP contribution in [0, 0.1) is 0 Å². The molecule has 1 heterocycles. The summed E-state index contributed by atoms with van der Waals surface area (Å²) in [5, 5.41) is 1.94. The van der Waals surface area contributed by atoms with Crippen LogP contribution in [-0.4, -0.2) is 38.7 Å². The Labute approximate surface area is 187 Å². The molecule has 0 saturated carbocycles. The van der Waals surface area contributed by atoms with Crippen LogP contribution in [0.5, 0.6) is 11.5 Å². The van der Waals surface area contributed by atoms with E-state index in [1.807, 2.05) is 30.3 Å². The maximum Gasteiger partial charge on any atom is 0.341 e. The van der Waals surface area contributed by atoms with E-state index < -0.39 is 12.0 Å². The van der Waals surface area contributed by atoms with Gasteiger partial charge < -0.3 is 24.8 Å². The third-order valence-corrected chi connectivity index (χ3v) is 5.76. The van der Waals surface area contributed by atoms with E-state index in [0.717, 1.165) is 20.8 Å². The normalized spacial score (nSPS) is 15.8. The molecule has 0 spiro atoms. The Morgan fingerprint density at radius 1 is 1.23 bits per heavy atom. The van der Waals surface area contributed by atoms with Crippen molar-refractivity contribution in [3.05, 3.63) is 64.1 Å². The Morgan fingerprint density at radius 3 is 2.77 bits per heavy atom. The molecule has 0 aliphatic carbocycles. The minimum absolute atomic E-state index is 0.0457. The number of ether oxygens (including phenoxy) is 3. The highest BCUT2D eigenvalue weighted by atomic mass is 79.9. The molecule has 0 fully saturated rings. The number of hydrogen-bond acceptors (Lipinski definition) is 6. The first-order chi connectivity index (χ1) is 14.9. The molecule has 3 aromatic rings. The van der Waals surface area contributed by atoms with E-state index >= 15 is 0 Å². The zero-order valence-electron chi connectivity index (χ0n) is 17.1. The van der Waals surface area contributed by atoms with E-state index in [1.165, 1.54) is 7.11 Å². The van der Waals surface area contributed by atoms with Crippen LogP contribution in [-0.2, 0) is 16.1 Å². The van der Waals surface area contributed by atoms with Gasteiger partial charge in [-0.25, -0.2) is 4.79 Å². The highest BCUT2D eigenvalue weighted by Gasteiger charge is 2.32. The molecule has 31 heavy (non-hydrogen) atoms. The van der Waals surface area contributed by atoms with Crippen molar-refractivity contribution >= 4 is 44.3 Å². The number of carbonyl (C=O) groups is 2. The number of benzene rings is 3. The molecule has 1 atom stereocenters. The first kappa shape index (κ1) is 21.1. The number of nitrogens with two attached hydrogens (primary N) is 1. The standard InChI is InChI=1S/C23H21BrN2O5/c1-29-20-9-6-13-10-14(24)7-8-15(13)17(20)11-26-19-5-3-4-16(23(28)30-2)21(19)31-12-18(25)22(26)27/h3-10,18H,11-12,25H2,1-2H3. The summed E-state index contributed by atoms with van der Waals surface area (Å²) in [5.74, 6) is 0.0638. The first-order valence-corrected chi connectivity index (χ1v) is 10.4. The van der Waals surface area contributed by atoms with Crippen molar-refractivity contribution in [3.63, 3.8) is 0 Å². The van der Waals surface area contributed by atoms with Crippen molar-refractivity contribution in [2.24, 2.45) is 5.73 Å². The fourth-order valence-electron chi connectivity index (χ4n) is 3.74. The van der Waals surface area contributed by atoms with Crippen LogP contribution in [0.4, 0.5) is 5.69 Å². The summed E-state index contributed by atoms with van der Waals surface area (Å²) < 4.78 is 17.2. The Balaban J connectivity index is 1.89. The molecule has 0 bridgehead atoms. The van der Waals surface area contributed by atoms with Crippen LogP contribution in [0.3, 0.4) is 0 Å². The quantitative estimate of drug-likeness (QED) is 0.568. The summed E-state index contributed by atoms with van der Waals surface area (Å²) in [6.07, 6.45) is 0. The number of nitrogens with zero attached hydrogens (tertiary/aromatic N) is 1. The molecular formula is C23H21BrN2O5. The Bertz CT molecular complexity index is 1180. The molecule has 3 aromatic carbocycles. The van der Waals surface area contributed by atoms with Crippen LogP contribution in [0.2, 0.25) is 0 Å². The SMILES string of the molecule is COC(=O)c1cccc2c1OCC(N)C(=O)N2Cc1c(OC)ccc2cc(Br)ccc12. The van der Waals surface area contributed by atoms with Gasteiger partial charge in [0.25, 0.3) is 0 Å². The summed E-state index contributed by atoms with van der Waals surface area (Å²) in [6.45, 7) is 0.144. The number of carbonyl (C=O) groups excluding carboxylic acids is 2. The molecule has 1 unspecified atom stereocenters. The van der Waals surface area contributed by atoms with Crippen molar-refractivity contribution < 1.29 is 23.8 Å². The number of rotatable bonds is 4. The molecule has 0 saturated heterocycles. The molecule has 1 amide bonds. The molecule has 1 aliphatic heterocycles. The van der Waals surface area contributed by atoms with E-state index in [0.29, 0.717) is 11.4 Å². The zero-order valence-corrected chi connectivity index (χ0v) is 18.6. The first-order valence-electron chi connectivity index (χ1n) is 9.60. The van der Waals surface area contributed by atoms with Gasteiger partial charge in [-0.1, -0.05) is 34.1 Å². The highest BCUT2D eigenvalue weighted by molar-refractivity contribution is 9.10. The van der Waals surface area contributed by atoms with Gasteiger partial charge in [-0.15, -0.1) is 0 Å². The van der Waals surface area contributed by atoms with Crippen molar-refractivity contribution in [1.82, 2.24) is 0 Å². The van der Waals surface area contributed by atoms with Crippen LogP contribution in [0.1, 0.15) is 15.9 Å². The summed E-state index contributed by atoms with van der Waals surface area (Å²) >= 11 is 3.50. The number of methoxy groups -OCH3 is 2. The van der Waals surface area contributed by atoms with E-state index in [2.05, 4.69) is 15.9 Å². The van der Waals surface area contributed by atoms with Gasteiger partial charge in [-0.2, -0.15) is 0 Å². The molecule has 0 radical (unpaired) electrons. The predicted molar refractivity (Wildman–Crippen MR) is 121 cm³/mol. The minimum Gasteiger partial charge on any atom is -0.496 e. The number of halogens is 1. The third kappa shape index (κ3) is 3.84. The average molecular weight is 485 g/mol. The van der Waals surface area contributed by atoms with Gasteiger partial charge in [0.05, 0.1) is 26.5 Å². The van der Waals surface area contributed by atoms with Crippen molar-refractivity contribution in [2.75, 3.05) is 25.7 Å². The largest absolute Gasteiger partial charge is 0.496 e. The van der Waals surface area contributed by atoms with Crippen molar-refractivity contribution in [2.45, 2.75) is 12.6 Å². The summed E-state index contributed by atoms with van der Waals surface area (Å²) in [4.78, 5) is 27.0. The lowest BCUT2D eigenvalue weighted by Gasteiger charge is -2.25. The number of para-hydroxylation sites is 1. The van der Waals surface area contributed by atoms with Gasteiger partial charge in [0, 0.05) is 10.0 Å². The van der Waals surface area contributed by atoms with E-state index in [4.69, 9.17) is 19.9 Å². The van der Waals surface area contributed by atoms with Gasteiger partial charge in [0.15, 0.2) is 5.75 Å². The van der Waals surface area contributed by atoms with E-state index in [9.17, 15) is 9.59 Å². The summed E-state index contributed by atoms with van der Waals surface area (Å²) in [7, 11) is 2.89. The second-order valence-electron chi connectivity index (χ2n) is 7.10. The molecular weight excluding hydrogens is 464 g/mol. The maximum atomic E-state index is 13.2. The van der Waals surface area contributed by atoms with Crippen LogP contribution < -0.4 is 20.1 Å². The van der Waals surface area contributed by atoms with Gasteiger partial charge >= 0.3 is 5.97 Å². The summed E-state index contributed by atoms with van der Waals surface area (Å²) in [5.41, 5.74) is 7.61. The van der Waals surface area contributed by atoms with Gasteiger partial charge in [-0.05, 0) is 41.1 Å². The third-order valence-electron chi connectivity index (χ3n) is 5.27. The Hall–Kier alpha value is -3.10. The molecule has 8 heteroatoms. The number of anilines is 1. The van der Waals surface area contributed by atoms with Crippen molar-refractivity contribution in [3.8, 4) is 11.5 Å². The average Bonchev–Trinajstić information content (AvgIpc) is 2.90. The molecule has 1 aliphatic rings. The number of hydrogen-bond donors (Lipinski definition) is 1. The molecule has 2 N–H and O–H groups in total. The second kappa shape index (κ2) is 8.56. The topological polar surface area (TPSA) is 91.1 Å². The fraction of sp³-hybridized carbons (Fsp3) is 0.217. The van der Waals surface area contributed by atoms with Crippen molar-refractivity contribution in [1.29, 1.82) is 0 Å². The lowest BCUT2D eigenvalue weighted by Crippen LogP contribution is -2.45. The van der Waals surface area contributed by atoms with Gasteiger partial charge in [0.1, 0.15) is 24.0 Å². The lowest BCUT2D eigenvalue weighted by atomic mass is 10.0. The van der Waals surface area contributed by atoms with Gasteiger partial charge in [-0.3, -0.25) is 4.79 Å². The molecule has 160 valence electrons. The Morgan fingerprint density at radius 2 is 2.03 bits per heavy atom. The second-order valence-corrected chi connectivity index (χ2v) is 8.01. The monoisotopic (exact) mass is 484 g/mol. The predicted octanol–water partition coefficient (Wildman–Crippen LogP) is 3.65. The lowest BCUT2D eigenvalue weighted by molar-refractivity contribution is -0.120. The molecule has 7 nitrogen and oxygen atoms in total. The van der Waals surface area contributed by atoms with Gasteiger partial charge in [0.2, 0.25) is 5.91 Å². The van der Waals surface area contributed by atoms with E-state index in [1.54, 1.807) is 30.2 Å². The number of amides is 1. The van der Waals surface area contributed by atoms with Crippen LogP contribution in [0.25, 0.3) is 10.8 Å². The number of esters is 1. The number of fused-ring (bicyclic) bond motifs is 2. The van der Waals surface area contributed by atoms with E-state index in [-0.39, 0.29) is 30.4 Å². The van der Waals surface area contributed by atoms with Crippen LogP contribution >= 0.6 is 15.9 Å². The Kier molecular flexibility index (Phi) is 5.84. The minimum atomic E-state index is -0.881. The highest BCUT2D eigenvalue weighted by Crippen LogP contribution is 2.38. The van der Waals surface area contributed by atoms with Crippen LogP contribution in [0.15, 0.2) is 53.0 Å². The fourth-order valence-corrected chi connectivity index (χ4v) is 4.12. The zero-order chi connectivity index (χ0) is 22.1. The molecule has 0 aromatic heterocycles. The maximum absolute atomic E-state index is 13.2. The summed E-state index contributed by atoms with van der Waals surface area (Å²) in [6, 6.07) is 13.9.